The fourth-order valence-corrected chi connectivity index (χ4v) is 4.14. The third kappa shape index (κ3) is 6.57. The highest BCUT2D eigenvalue weighted by Gasteiger charge is 2.32. The van der Waals surface area contributed by atoms with Gasteiger partial charge in [-0.2, -0.15) is 5.10 Å². The molecule has 0 bridgehead atoms. The van der Waals surface area contributed by atoms with E-state index in [1.54, 1.807) is 17.0 Å². The van der Waals surface area contributed by atoms with Crippen LogP contribution in [0.3, 0.4) is 0 Å². The van der Waals surface area contributed by atoms with Crippen molar-refractivity contribution in [2.75, 3.05) is 23.3 Å². The highest BCUT2D eigenvalue weighted by molar-refractivity contribution is 7.46. The lowest BCUT2D eigenvalue weighted by Crippen LogP contribution is -2.24. The summed E-state index contributed by atoms with van der Waals surface area (Å²) in [5, 5.41) is 9.29. The number of benzene rings is 1. The number of phosphoric ester groups is 1. The molecule has 15 heteroatoms. The Hall–Kier alpha value is -3.45. The molecule has 4 N–H and O–H groups in total. The topological polar surface area (TPSA) is 150 Å². The second-order valence-electron chi connectivity index (χ2n) is 7.54. The lowest BCUT2D eigenvalue weighted by atomic mass is 10.1. The zero-order valence-electron chi connectivity index (χ0n) is 17.8. The Morgan fingerprint density at radius 2 is 1.97 bits per heavy atom. The van der Waals surface area contributed by atoms with E-state index >= 15 is 0 Å². The number of aromatic amines is 1. The van der Waals surface area contributed by atoms with Crippen molar-refractivity contribution in [3.05, 3.63) is 54.4 Å². The third-order valence-electron chi connectivity index (χ3n) is 5.00. The fourth-order valence-electron chi connectivity index (χ4n) is 3.58. The van der Waals surface area contributed by atoms with Gasteiger partial charge in [-0.05, 0) is 42.8 Å². The normalized spacial score (nSPS) is 16.4. The first kappa shape index (κ1) is 24.7. The van der Waals surface area contributed by atoms with Crippen molar-refractivity contribution < 1.29 is 41.6 Å². The second kappa shape index (κ2) is 9.66. The van der Waals surface area contributed by atoms with E-state index < -0.39 is 31.9 Å². The number of H-pyrrole nitrogens is 1. The molecule has 0 aliphatic carbocycles. The quantitative estimate of drug-likeness (QED) is 0.349. The highest BCUT2D eigenvalue weighted by atomic mass is 31.2. The molecule has 0 unspecified atom stereocenters. The van der Waals surface area contributed by atoms with E-state index in [-0.39, 0.29) is 17.8 Å². The number of carbonyl (C=O) groups excluding carboxylic acids is 1. The van der Waals surface area contributed by atoms with Crippen LogP contribution in [0.4, 0.5) is 24.7 Å². The van der Waals surface area contributed by atoms with Crippen LogP contribution in [0.15, 0.2) is 48.8 Å². The summed E-state index contributed by atoms with van der Waals surface area (Å²) in [6, 6.07) is 7.91. The van der Waals surface area contributed by atoms with Crippen LogP contribution in [-0.4, -0.2) is 56.4 Å². The van der Waals surface area contributed by atoms with E-state index in [0.29, 0.717) is 30.0 Å². The van der Waals surface area contributed by atoms with Crippen LogP contribution in [0, 0.1) is 0 Å². The predicted molar refractivity (Wildman–Crippen MR) is 117 cm³/mol. The van der Waals surface area contributed by atoms with Crippen LogP contribution in [0.5, 0.6) is 5.75 Å². The monoisotopic (exact) mass is 513 g/mol. The molecule has 1 aliphatic rings. The Morgan fingerprint density at radius 3 is 2.60 bits per heavy atom. The van der Waals surface area contributed by atoms with Crippen LogP contribution in [0.1, 0.15) is 16.8 Å². The summed E-state index contributed by atoms with van der Waals surface area (Å²) in [6.07, 6.45) is -2.31. The standard InChI is InChI=1S/C20H19F3N5O6P/c21-20(22,23)33-14-3-1-13(2-4-14)26-19(29)12-9-16(17-5-7-25-27-17)18(24-10-12)28-8-6-15(11-28)34-35(30,31)32/h1-5,7,9-10,15H,6,8,11H2,(H,25,27)(H,26,29)(H2,30,31,32)/t15-/m1/s1. The smallest absolute Gasteiger partial charge is 0.406 e. The first-order valence-corrected chi connectivity index (χ1v) is 11.7. The Morgan fingerprint density at radius 1 is 1.23 bits per heavy atom. The number of rotatable bonds is 7. The van der Waals surface area contributed by atoms with Crippen molar-refractivity contribution in [3.63, 3.8) is 0 Å². The molecule has 1 atom stereocenters. The molecule has 4 rings (SSSR count). The number of pyridine rings is 1. The van der Waals surface area contributed by atoms with Gasteiger partial charge in [0, 0.05) is 36.7 Å². The molecule has 1 aromatic carbocycles. The minimum absolute atomic E-state index is 0.163. The number of ether oxygens (including phenoxy) is 1. The molecule has 35 heavy (non-hydrogen) atoms. The van der Waals surface area contributed by atoms with Crippen molar-refractivity contribution in [2.45, 2.75) is 18.9 Å². The van der Waals surface area contributed by atoms with Gasteiger partial charge in [0.05, 0.1) is 17.4 Å². The van der Waals surface area contributed by atoms with Crippen LogP contribution in [0.25, 0.3) is 11.3 Å². The maximum atomic E-state index is 12.8. The maximum absolute atomic E-state index is 12.8. The molecule has 11 nitrogen and oxygen atoms in total. The number of nitrogens with zero attached hydrogens (tertiary/aromatic N) is 3. The molecule has 1 saturated heterocycles. The number of nitrogens with one attached hydrogen (secondary N) is 2. The summed E-state index contributed by atoms with van der Waals surface area (Å²) >= 11 is 0. The zero-order valence-corrected chi connectivity index (χ0v) is 18.7. The Labute approximate surface area is 196 Å². The number of anilines is 2. The minimum atomic E-state index is -4.82. The van der Waals surface area contributed by atoms with E-state index in [0.717, 1.165) is 12.1 Å². The van der Waals surface area contributed by atoms with Gasteiger partial charge in [-0.25, -0.2) is 9.55 Å². The fraction of sp³-hybridized carbons (Fsp3) is 0.250. The number of aromatic nitrogens is 3. The lowest BCUT2D eigenvalue weighted by molar-refractivity contribution is -0.274. The van der Waals surface area contributed by atoms with Gasteiger partial charge < -0.3 is 24.7 Å². The SMILES string of the molecule is O=C(Nc1ccc(OC(F)(F)F)cc1)c1cnc(N2CC[C@@H](OP(=O)(O)O)C2)c(-c2ccn[nH]2)c1. The average Bonchev–Trinajstić information content (AvgIpc) is 3.45. The number of hydrogen-bond acceptors (Lipinski definition) is 7. The summed E-state index contributed by atoms with van der Waals surface area (Å²) in [5.41, 5.74) is 1.47. The van der Waals surface area contributed by atoms with Gasteiger partial charge in [0.2, 0.25) is 0 Å². The van der Waals surface area contributed by atoms with Gasteiger partial charge in [0.1, 0.15) is 11.6 Å². The van der Waals surface area contributed by atoms with E-state index in [1.807, 2.05) is 0 Å². The van der Waals surface area contributed by atoms with Crippen LogP contribution < -0.4 is 15.0 Å². The molecule has 1 amide bonds. The van der Waals surface area contributed by atoms with E-state index in [2.05, 4.69) is 25.2 Å². The predicted octanol–water partition coefficient (Wildman–Crippen LogP) is 3.31. The molecule has 3 heterocycles. The van der Waals surface area contributed by atoms with Gasteiger partial charge in [-0.15, -0.1) is 13.2 Å². The average molecular weight is 513 g/mol. The van der Waals surface area contributed by atoms with E-state index in [4.69, 9.17) is 14.3 Å². The van der Waals surface area contributed by atoms with E-state index in [1.165, 1.54) is 24.5 Å². The molecule has 0 saturated carbocycles. The Bertz CT molecular complexity index is 1230. The Kier molecular flexibility index (Phi) is 6.81. The van der Waals surface area contributed by atoms with Gasteiger partial charge in [-0.1, -0.05) is 0 Å². The van der Waals surface area contributed by atoms with Crippen molar-refractivity contribution >= 4 is 25.2 Å². The van der Waals surface area contributed by atoms with Gasteiger partial charge in [0.15, 0.2) is 0 Å². The van der Waals surface area contributed by atoms with Crippen molar-refractivity contribution in [1.82, 2.24) is 15.2 Å². The number of hydrogen-bond donors (Lipinski definition) is 4. The minimum Gasteiger partial charge on any atom is -0.406 e. The zero-order chi connectivity index (χ0) is 25.2. The summed E-state index contributed by atoms with van der Waals surface area (Å²) < 4.78 is 56.7. The van der Waals surface area contributed by atoms with Crippen LogP contribution in [-0.2, 0) is 9.09 Å². The summed E-state index contributed by atoms with van der Waals surface area (Å²) in [6.45, 7) is 0.591. The highest BCUT2D eigenvalue weighted by Crippen LogP contribution is 2.40. The lowest BCUT2D eigenvalue weighted by Gasteiger charge is -2.21. The summed E-state index contributed by atoms with van der Waals surface area (Å²) in [7, 11) is -4.64. The number of alkyl halides is 3. The molecule has 1 fully saturated rings. The molecular formula is C20H19F3N5O6P. The first-order valence-electron chi connectivity index (χ1n) is 10.1. The number of amides is 1. The summed E-state index contributed by atoms with van der Waals surface area (Å²) in [4.78, 5) is 37.1. The molecule has 3 aromatic rings. The molecule has 0 radical (unpaired) electrons. The molecule has 0 spiro atoms. The summed E-state index contributed by atoms with van der Waals surface area (Å²) in [5.74, 6) is -0.524. The van der Waals surface area contributed by atoms with Gasteiger partial charge in [-0.3, -0.25) is 14.4 Å². The van der Waals surface area contributed by atoms with E-state index in [9.17, 15) is 22.5 Å². The number of carbonyl (C=O) groups is 1. The van der Waals surface area contributed by atoms with Crippen molar-refractivity contribution in [1.29, 1.82) is 0 Å². The molecule has 1 aliphatic heterocycles. The first-order chi connectivity index (χ1) is 16.5. The van der Waals surface area contributed by atoms with Gasteiger partial charge in [0.25, 0.3) is 5.91 Å². The molecule has 2 aromatic heterocycles. The third-order valence-corrected chi connectivity index (χ3v) is 5.57. The second-order valence-corrected chi connectivity index (χ2v) is 8.74. The molecule has 186 valence electrons. The van der Waals surface area contributed by atoms with Crippen molar-refractivity contribution in [3.8, 4) is 17.0 Å². The number of halogens is 3. The van der Waals surface area contributed by atoms with Crippen molar-refractivity contribution in [2.24, 2.45) is 0 Å². The molecular weight excluding hydrogens is 494 g/mol. The van der Waals surface area contributed by atoms with Crippen LogP contribution >= 0.6 is 7.82 Å². The van der Waals surface area contributed by atoms with Crippen LogP contribution in [0.2, 0.25) is 0 Å². The number of phosphoric acid groups is 1. The Balaban J connectivity index is 1.53. The largest absolute Gasteiger partial charge is 0.573 e. The maximum Gasteiger partial charge on any atom is 0.573 e. The van der Waals surface area contributed by atoms with Gasteiger partial charge >= 0.3 is 14.2 Å².